The lowest BCUT2D eigenvalue weighted by Crippen LogP contribution is -2.13. The lowest BCUT2D eigenvalue weighted by Gasteiger charge is -2.13. The third-order valence-electron chi connectivity index (χ3n) is 5.11. The normalized spacial score (nSPS) is 22.9. The minimum Gasteiger partial charge on any atom is -0.499 e. The highest BCUT2D eigenvalue weighted by molar-refractivity contribution is 5.17. The molecule has 4 atom stereocenters. The predicted octanol–water partition coefficient (Wildman–Crippen LogP) is 4.08. The molecule has 2 aliphatic rings. The zero-order chi connectivity index (χ0) is 20.0. The van der Waals surface area contributed by atoms with Crippen LogP contribution in [0.3, 0.4) is 0 Å². The molecule has 162 valence electrons. The first kappa shape index (κ1) is 23.4. The highest BCUT2D eigenvalue weighted by atomic mass is 16.7. The van der Waals surface area contributed by atoms with E-state index in [9.17, 15) is 5.11 Å². The molecule has 1 fully saturated rings. The second-order valence-electron chi connectivity index (χ2n) is 7.66. The average Bonchev–Trinajstić information content (AvgIpc) is 3.45. The van der Waals surface area contributed by atoms with Gasteiger partial charge in [-0.15, -0.1) is 0 Å². The summed E-state index contributed by atoms with van der Waals surface area (Å²) in [6.45, 7) is 7.85. The first-order chi connectivity index (χ1) is 13.7. The minimum atomic E-state index is -0.662. The number of aliphatic hydroxyl groups is 1. The third kappa shape index (κ3) is 10.6. The van der Waals surface area contributed by atoms with Crippen LogP contribution in [0.25, 0.3) is 0 Å². The van der Waals surface area contributed by atoms with Gasteiger partial charge in [0.05, 0.1) is 25.1 Å². The Hall–Kier alpha value is -0.920. The second-order valence-corrected chi connectivity index (χ2v) is 7.66. The minimum absolute atomic E-state index is 0.194. The molecule has 0 aromatic rings. The SMILES string of the molecule is C=COC(C)CCCCOC(O)CCCCCOCOCC1=CC2OC2CC1. The molecule has 6 nitrogen and oxygen atoms in total. The van der Waals surface area contributed by atoms with Crippen molar-refractivity contribution in [3.05, 3.63) is 24.5 Å². The van der Waals surface area contributed by atoms with E-state index < -0.39 is 6.29 Å². The topological polar surface area (TPSA) is 69.7 Å². The number of fused-ring (bicyclic) bond motifs is 1. The molecule has 1 aliphatic heterocycles. The van der Waals surface area contributed by atoms with Crippen LogP contribution in [0.2, 0.25) is 0 Å². The van der Waals surface area contributed by atoms with Crippen LogP contribution < -0.4 is 0 Å². The molecule has 1 saturated heterocycles. The summed E-state index contributed by atoms with van der Waals surface area (Å²) in [5.74, 6) is 0. The van der Waals surface area contributed by atoms with E-state index >= 15 is 0 Å². The lowest BCUT2D eigenvalue weighted by molar-refractivity contribution is -0.105. The Morgan fingerprint density at radius 3 is 2.82 bits per heavy atom. The van der Waals surface area contributed by atoms with Gasteiger partial charge >= 0.3 is 0 Å². The van der Waals surface area contributed by atoms with E-state index in [1.54, 1.807) is 0 Å². The Kier molecular flexibility index (Phi) is 11.8. The van der Waals surface area contributed by atoms with Crippen LogP contribution in [-0.2, 0) is 23.7 Å². The van der Waals surface area contributed by atoms with Gasteiger partial charge in [0.15, 0.2) is 6.29 Å². The highest BCUT2D eigenvalue weighted by Gasteiger charge is 2.39. The van der Waals surface area contributed by atoms with Crippen molar-refractivity contribution in [1.29, 1.82) is 0 Å². The van der Waals surface area contributed by atoms with Gasteiger partial charge in [0.25, 0.3) is 0 Å². The molecule has 1 N–H and O–H groups in total. The van der Waals surface area contributed by atoms with Crippen molar-refractivity contribution < 1.29 is 28.8 Å². The Labute approximate surface area is 169 Å². The Bertz CT molecular complexity index is 452. The highest BCUT2D eigenvalue weighted by Crippen LogP contribution is 2.34. The van der Waals surface area contributed by atoms with Crippen LogP contribution in [0, 0.1) is 0 Å². The predicted molar refractivity (Wildman–Crippen MR) is 108 cm³/mol. The van der Waals surface area contributed by atoms with Gasteiger partial charge in [-0.2, -0.15) is 0 Å². The van der Waals surface area contributed by atoms with Gasteiger partial charge < -0.3 is 28.8 Å². The molecule has 4 unspecified atom stereocenters. The summed E-state index contributed by atoms with van der Waals surface area (Å²) in [5, 5.41) is 9.83. The number of unbranched alkanes of at least 4 members (excludes halogenated alkanes) is 3. The Morgan fingerprint density at radius 2 is 2.00 bits per heavy atom. The van der Waals surface area contributed by atoms with E-state index in [1.807, 2.05) is 6.92 Å². The number of epoxide rings is 1. The molecule has 0 spiro atoms. The van der Waals surface area contributed by atoms with E-state index in [2.05, 4.69) is 12.7 Å². The molecule has 0 aromatic carbocycles. The van der Waals surface area contributed by atoms with Gasteiger partial charge in [0, 0.05) is 13.2 Å². The van der Waals surface area contributed by atoms with Crippen molar-refractivity contribution in [2.24, 2.45) is 0 Å². The molecular formula is C22H38O6. The van der Waals surface area contributed by atoms with Crippen LogP contribution in [0.5, 0.6) is 0 Å². The molecule has 28 heavy (non-hydrogen) atoms. The van der Waals surface area contributed by atoms with E-state index in [0.29, 0.717) is 45.2 Å². The summed E-state index contributed by atoms with van der Waals surface area (Å²) < 4.78 is 27.2. The summed E-state index contributed by atoms with van der Waals surface area (Å²) in [5.41, 5.74) is 1.33. The van der Waals surface area contributed by atoms with Gasteiger partial charge in [0.1, 0.15) is 12.9 Å². The molecule has 1 aliphatic carbocycles. The molecule has 0 amide bonds. The first-order valence-corrected chi connectivity index (χ1v) is 10.8. The number of ether oxygens (including phenoxy) is 5. The van der Waals surface area contributed by atoms with Gasteiger partial charge in [-0.25, -0.2) is 0 Å². The number of aliphatic hydroxyl groups excluding tert-OH is 1. The van der Waals surface area contributed by atoms with Gasteiger partial charge in [0.2, 0.25) is 0 Å². The zero-order valence-electron chi connectivity index (χ0n) is 17.4. The Morgan fingerprint density at radius 1 is 1.18 bits per heavy atom. The average molecular weight is 399 g/mol. The van der Waals surface area contributed by atoms with Crippen molar-refractivity contribution >= 4 is 0 Å². The van der Waals surface area contributed by atoms with Crippen LogP contribution in [-0.4, -0.2) is 56.3 Å². The van der Waals surface area contributed by atoms with E-state index in [-0.39, 0.29) is 6.10 Å². The summed E-state index contributed by atoms with van der Waals surface area (Å²) in [6, 6.07) is 0. The summed E-state index contributed by atoms with van der Waals surface area (Å²) >= 11 is 0. The molecule has 6 heteroatoms. The van der Waals surface area contributed by atoms with Crippen LogP contribution in [0.15, 0.2) is 24.5 Å². The number of hydrogen-bond acceptors (Lipinski definition) is 6. The lowest BCUT2D eigenvalue weighted by atomic mass is 10.0. The largest absolute Gasteiger partial charge is 0.499 e. The van der Waals surface area contributed by atoms with Crippen molar-refractivity contribution in [2.75, 3.05) is 26.6 Å². The molecule has 2 rings (SSSR count). The smallest absolute Gasteiger partial charge is 0.154 e. The Balaban J connectivity index is 1.29. The molecular weight excluding hydrogens is 360 g/mol. The van der Waals surface area contributed by atoms with E-state index in [4.69, 9.17) is 23.7 Å². The quantitative estimate of drug-likeness (QED) is 0.123. The summed E-state index contributed by atoms with van der Waals surface area (Å²) in [6.07, 6.45) is 12.8. The van der Waals surface area contributed by atoms with Crippen LogP contribution in [0.4, 0.5) is 0 Å². The maximum atomic E-state index is 9.83. The fourth-order valence-electron chi connectivity index (χ4n) is 3.36. The number of hydrogen-bond donors (Lipinski definition) is 1. The monoisotopic (exact) mass is 398 g/mol. The molecule has 0 saturated carbocycles. The van der Waals surface area contributed by atoms with Crippen LogP contribution >= 0.6 is 0 Å². The van der Waals surface area contributed by atoms with Gasteiger partial charge in [-0.3, -0.25) is 0 Å². The second kappa shape index (κ2) is 14.1. The summed E-state index contributed by atoms with van der Waals surface area (Å²) in [4.78, 5) is 0. The van der Waals surface area contributed by atoms with Crippen molar-refractivity contribution in [1.82, 2.24) is 0 Å². The fourth-order valence-corrected chi connectivity index (χ4v) is 3.36. The molecule has 0 radical (unpaired) electrons. The molecule has 0 aromatic heterocycles. The van der Waals surface area contributed by atoms with Crippen molar-refractivity contribution in [3.63, 3.8) is 0 Å². The third-order valence-corrected chi connectivity index (χ3v) is 5.11. The van der Waals surface area contributed by atoms with Crippen LogP contribution in [0.1, 0.15) is 64.7 Å². The first-order valence-electron chi connectivity index (χ1n) is 10.8. The maximum Gasteiger partial charge on any atom is 0.154 e. The number of rotatable bonds is 18. The van der Waals surface area contributed by atoms with Gasteiger partial charge in [-0.1, -0.05) is 19.1 Å². The summed E-state index contributed by atoms with van der Waals surface area (Å²) in [7, 11) is 0. The fraction of sp³-hybridized carbons (Fsp3) is 0.818. The van der Waals surface area contributed by atoms with Crippen molar-refractivity contribution in [2.45, 2.75) is 89.3 Å². The molecule has 0 bridgehead atoms. The van der Waals surface area contributed by atoms with E-state index in [1.165, 1.54) is 11.8 Å². The maximum absolute atomic E-state index is 9.83. The van der Waals surface area contributed by atoms with Crippen molar-refractivity contribution in [3.8, 4) is 0 Å². The molecule has 1 heterocycles. The standard InChI is InChI=1S/C22H38O6/c1-3-26-18(2)9-6-8-14-27-22(23)10-5-4-7-13-24-17-25-16-19-11-12-20-21(15-19)28-20/h3,15,18,20-23H,1,4-14,16-17H2,2H3. The van der Waals surface area contributed by atoms with E-state index in [0.717, 1.165) is 51.4 Å². The van der Waals surface area contributed by atoms with Gasteiger partial charge in [-0.05, 0) is 63.9 Å². The zero-order valence-corrected chi connectivity index (χ0v) is 17.4.